The molecular weight excluding hydrogens is 507 g/mol. The smallest absolute Gasteiger partial charge is 0.240 e. The predicted octanol–water partition coefficient (Wildman–Crippen LogP) is 6.05. The Balaban J connectivity index is 1.50. The number of Topliss-reactive ketones (excluding diaryl/α,β-unsaturated/α-hetero) is 1. The Hall–Kier alpha value is -3.12. The van der Waals surface area contributed by atoms with Crippen molar-refractivity contribution in [1.29, 1.82) is 0 Å². The summed E-state index contributed by atoms with van der Waals surface area (Å²) in [6.45, 7) is 0. The van der Waals surface area contributed by atoms with Gasteiger partial charge in [-0.15, -0.1) is 0 Å². The van der Waals surface area contributed by atoms with Gasteiger partial charge in [-0.1, -0.05) is 59.1 Å². The molecule has 0 N–H and O–H groups in total. The minimum absolute atomic E-state index is 0.195. The predicted molar refractivity (Wildman–Crippen MR) is 136 cm³/mol. The second-order valence-electron chi connectivity index (χ2n) is 8.81. The van der Waals surface area contributed by atoms with Gasteiger partial charge in [0.2, 0.25) is 11.8 Å². The zero-order valence-electron chi connectivity index (χ0n) is 18.1. The number of hydrogen-bond acceptors (Lipinski definition) is 4. The van der Waals surface area contributed by atoms with Crippen LogP contribution in [0.15, 0.2) is 72.9 Å². The molecule has 2 saturated heterocycles. The Labute approximate surface area is 216 Å². The number of fused-ring (bicyclic) bond motifs is 5. The van der Waals surface area contributed by atoms with E-state index in [1.165, 1.54) is 6.07 Å². The van der Waals surface area contributed by atoms with E-state index in [-0.39, 0.29) is 22.4 Å². The molecule has 3 aromatic carbocycles. The molecule has 3 heterocycles. The molecule has 3 aliphatic heterocycles. The number of nitrogens with zero attached hydrogens (tertiary/aromatic N) is 2. The lowest BCUT2D eigenvalue weighted by Gasteiger charge is -2.35. The first-order valence-corrected chi connectivity index (χ1v) is 12.2. The topological polar surface area (TPSA) is 57.7 Å². The van der Waals surface area contributed by atoms with Crippen LogP contribution in [0.4, 0.5) is 5.69 Å². The highest BCUT2D eigenvalue weighted by Gasteiger charge is 2.64. The minimum atomic E-state index is -0.877. The quantitative estimate of drug-likeness (QED) is 0.310. The maximum absolute atomic E-state index is 13.9. The average Bonchev–Trinajstić information content (AvgIpc) is 3.32. The summed E-state index contributed by atoms with van der Waals surface area (Å²) in [5.41, 5.74) is 2.55. The van der Waals surface area contributed by atoms with Gasteiger partial charge in [-0.25, -0.2) is 4.90 Å². The lowest BCUT2D eigenvalue weighted by Crippen LogP contribution is -2.44. The van der Waals surface area contributed by atoms with Crippen LogP contribution < -0.4 is 4.90 Å². The summed E-state index contributed by atoms with van der Waals surface area (Å²) in [6, 6.07) is 17.6. The van der Waals surface area contributed by atoms with Gasteiger partial charge in [-0.05, 0) is 59.7 Å². The molecule has 2 fully saturated rings. The normalized spacial score (nSPS) is 24.4. The number of hydrogen-bond donors (Lipinski definition) is 0. The first kappa shape index (κ1) is 22.4. The lowest BCUT2D eigenvalue weighted by molar-refractivity contribution is -0.123. The zero-order chi connectivity index (χ0) is 24.4. The van der Waals surface area contributed by atoms with E-state index in [1.807, 2.05) is 41.4 Å². The van der Waals surface area contributed by atoms with Crippen LogP contribution in [-0.4, -0.2) is 28.5 Å². The maximum Gasteiger partial charge on any atom is 0.240 e. The summed E-state index contributed by atoms with van der Waals surface area (Å²) in [5, 5.41) is 1.10. The third kappa shape index (κ3) is 3.33. The molecule has 3 aromatic rings. The van der Waals surface area contributed by atoms with E-state index in [1.54, 1.807) is 36.4 Å². The van der Waals surface area contributed by atoms with E-state index in [0.717, 1.165) is 16.0 Å². The van der Waals surface area contributed by atoms with Gasteiger partial charge in [-0.3, -0.25) is 14.4 Å². The number of carbonyl (C=O) groups is 3. The van der Waals surface area contributed by atoms with Crippen LogP contribution in [0.2, 0.25) is 15.1 Å². The van der Waals surface area contributed by atoms with E-state index in [9.17, 15) is 14.4 Å². The molecule has 3 aliphatic rings. The molecule has 0 aliphatic carbocycles. The molecule has 0 unspecified atom stereocenters. The standard InChI is InChI=1S/C27H17Cl3N2O3/c28-16-7-5-15(6-8-16)25(33)24-22-21(23-18-4-2-1-3-14(18)11-12-31(23)24)26(34)32(27(22)35)20-10-9-17(29)13-19(20)30/h1-13,21-24H/t21-,22+,23+,24-/m0/s1. The number of ketones is 1. The molecule has 0 bridgehead atoms. The van der Waals surface area contributed by atoms with E-state index in [2.05, 4.69) is 0 Å². The minimum Gasteiger partial charge on any atom is -0.358 e. The van der Waals surface area contributed by atoms with Gasteiger partial charge in [0.05, 0.1) is 28.6 Å². The molecule has 0 saturated carbocycles. The summed E-state index contributed by atoms with van der Waals surface area (Å²) in [5.74, 6) is -2.69. The van der Waals surface area contributed by atoms with Crippen LogP contribution in [0, 0.1) is 11.8 Å². The number of rotatable bonds is 3. The van der Waals surface area contributed by atoms with Crippen LogP contribution in [0.3, 0.4) is 0 Å². The van der Waals surface area contributed by atoms with Gasteiger partial charge in [0, 0.05) is 21.8 Å². The van der Waals surface area contributed by atoms with Gasteiger partial charge in [0.15, 0.2) is 5.78 Å². The highest BCUT2D eigenvalue weighted by atomic mass is 35.5. The van der Waals surface area contributed by atoms with Gasteiger partial charge in [0.25, 0.3) is 0 Å². The lowest BCUT2D eigenvalue weighted by atomic mass is 9.83. The van der Waals surface area contributed by atoms with Crippen LogP contribution in [0.25, 0.3) is 6.08 Å². The van der Waals surface area contributed by atoms with Crippen molar-refractivity contribution >= 4 is 64.2 Å². The Morgan fingerprint density at radius 2 is 1.49 bits per heavy atom. The zero-order valence-corrected chi connectivity index (χ0v) is 20.3. The largest absolute Gasteiger partial charge is 0.358 e. The number of imide groups is 1. The highest BCUT2D eigenvalue weighted by Crippen LogP contribution is 2.54. The van der Waals surface area contributed by atoms with E-state index >= 15 is 0 Å². The molecule has 2 amide bonds. The Kier molecular flexibility index (Phi) is 5.26. The van der Waals surface area contributed by atoms with Crippen LogP contribution in [-0.2, 0) is 9.59 Å². The van der Waals surface area contributed by atoms with Crippen molar-refractivity contribution in [3.63, 3.8) is 0 Å². The molecule has 4 atom stereocenters. The maximum atomic E-state index is 13.9. The first-order valence-electron chi connectivity index (χ1n) is 11.0. The molecule has 35 heavy (non-hydrogen) atoms. The Bertz CT molecular complexity index is 1440. The summed E-state index contributed by atoms with van der Waals surface area (Å²) >= 11 is 18.5. The van der Waals surface area contributed by atoms with Crippen LogP contribution in [0.5, 0.6) is 0 Å². The number of halogens is 3. The van der Waals surface area contributed by atoms with Gasteiger partial charge >= 0.3 is 0 Å². The van der Waals surface area contributed by atoms with Crippen molar-refractivity contribution in [3.05, 3.63) is 105 Å². The van der Waals surface area contributed by atoms with Gasteiger partial charge in [0.1, 0.15) is 6.04 Å². The SMILES string of the molecule is O=C(c1ccc(Cl)cc1)[C@@H]1[C@@H]2C(=O)N(c3ccc(Cl)cc3Cl)C(=O)[C@@H]2[C@H]2c3ccccc3C=CN12. The molecule has 0 radical (unpaired) electrons. The fraction of sp³-hybridized carbons (Fsp3) is 0.148. The molecule has 8 heteroatoms. The van der Waals surface area contributed by atoms with Crippen molar-refractivity contribution in [3.8, 4) is 0 Å². The number of carbonyl (C=O) groups excluding carboxylic acids is 3. The van der Waals surface area contributed by atoms with Crippen LogP contribution in [0.1, 0.15) is 27.5 Å². The highest BCUT2D eigenvalue weighted by molar-refractivity contribution is 6.38. The Morgan fingerprint density at radius 3 is 2.23 bits per heavy atom. The average molecular weight is 524 g/mol. The van der Waals surface area contributed by atoms with Crippen molar-refractivity contribution in [2.45, 2.75) is 12.1 Å². The fourth-order valence-corrected chi connectivity index (χ4v) is 6.16. The fourth-order valence-electron chi connectivity index (χ4n) is 5.54. The van der Waals surface area contributed by atoms with Crippen molar-refractivity contribution in [2.24, 2.45) is 11.8 Å². The summed E-state index contributed by atoms with van der Waals surface area (Å²) in [6.07, 6.45) is 3.74. The van der Waals surface area contributed by atoms with Crippen molar-refractivity contribution in [1.82, 2.24) is 4.90 Å². The second kappa shape index (κ2) is 8.23. The summed E-state index contributed by atoms with van der Waals surface area (Å²) in [7, 11) is 0. The first-order chi connectivity index (χ1) is 16.9. The van der Waals surface area contributed by atoms with E-state index in [4.69, 9.17) is 34.8 Å². The second-order valence-corrected chi connectivity index (χ2v) is 10.1. The molecular formula is C27H17Cl3N2O3. The Morgan fingerprint density at radius 1 is 0.800 bits per heavy atom. The third-order valence-electron chi connectivity index (χ3n) is 7.01. The molecule has 5 nitrogen and oxygen atoms in total. The van der Waals surface area contributed by atoms with E-state index < -0.39 is 29.8 Å². The van der Waals surface area contributed by atoms with Crippen LogP contribution >= 0.6 is 34.8 Å². The third-order valence-corrected chi connectivity index (χ3v) is 7.80. The molecule has 0 aromatic heterocycles. The molecule has 174 valence electrons. The molecule has 6 rings (SSSR count). The summed E-state index contributed by atoms with van der Waals surface area (Å²) in [4.78, 5) is 44.6. The van der Waals surface area contributed by atoms with Gasteiger partial charge < -0.3 is 4.90 Å². The summed E-state index contributed by atoms with van der Waals surface area (Å²) < 4.78 is 0. The number of anilines is 1. The van der Waals surface area contributed by atoms with Crippen molar-refractivity contribution in [2.75, 3.05) is 4.90 Å². The number of amides is 2. The van der Waals surface area contributed by atoms with Gasteiger partial charge in [-0.2, -0.15) is 0 Å². The monoisotopic (exact) mass is 522 g/mol. The van der Waals surface area contributed by atoms with E-state index in [0.29, 0.717) is 15.6 Å². The molecule has 0 spiro atoms. The van der Waals surface area contributed by atoms with Crippen molar-refractivity contribution < 1.29 is 14.4 Å². The number of benzene rings is 3.